The fourth-order valence-electron chi connectivity index (χ4n) is 0.709. The Labute approximate surface area is 88.8 Å². The topological polar surface area (TPSA) is 108 Å². The van der Waals surface area contributed by atoms with E-state index in [-0.39, 0.29) is 18.9 Å². The minimum Gasteiger partial charge on any atom is -0.368 e. The zero-order valence-electron chi connectivity index (χ0n) is 8.96. The largest absolute Gasteiger partial charge is 0.368 e. The summed E-state index contributed by atoms with van der Waals surface area (Å²) in [4.78, 5) is 22.0. The molecule has 0 aromatic rings. The summed E-state index contributed by atoms with van der Waals surface area (Å²) in [6, 6.07) is 1.90. The van der Waals surface area contributed by atoms with Crippen molar-refractivity contribution in [1.29, 1.82) is 5.26 Å². The van der Waals surface area contributed by atoms with Crippen molar-refractivity contribution in [1.82, 2.24) is 10.6 Å². The molecule has 0 fully saturated rings. The van der Waals surface area contributed by atoms with Gasteiger partial charge in [0.25, 0.3) is 0 Å². The van der Waals surface area contributed by atoms with E-state index in [4.69, 9.17) is 11.0 Å². The predicted molar refractivity (Wildman–Crippen MR) is 54.5 cm³/mol. The average molecular weight is 212 g/mol. The molecule has 0 radical (unpaired) electrons. The summed E-state index contributed by atoms with van der Waals surface area (Å²) in [5.41, 5.74) is 4.19. The van der Waals surface area contributed by atoms with Gasteiger partial charge in [0.15, 0.2) is 0 Å². The summed E-state index contributed by atoms with van der Waals surface area (Å²) >= 11 is 0. The summed E-state index contributed by atoms with van der Waals surface area (Å²) in [6.45, 7) is 3.51. The van der Waals surface area contributed by atoms with Crippen molar-refractivity contribution >= 4 is 11.8 Å². The van der Waals surface area contributed by atoms with E-state index in [1.165, 1.54) is 0 Å². The summed E-state index contributed by atoms with van der Waals surface area (Å²) in [5, 5.41) is 13.5. The second-order valence-corrected chi connectivity index (χ2v) is 3.60. The standard InChI is InChI=1S/C9H16N4O2/c1-9(2,8(11)15)13-6-7(14)12-5-3-4-10/h13H,3,5-6H2,1-2H3,(H2,11,15)(H,12,14). The zero-order chi connectivity index (χ0) is 11.9. The molecule has 0 aliphatic carbocycles. The molecule has 0 bridgehead atoms. The Morgan fingerprint density at radius 3 is 2.53 bits per heavy atom. The number of carbonyl (C=O) groups is 2. The van der Waals surface area contributed by atoms with E-state index < -0.39 is 11.4 Å². The third-order valence-electron chi connectivity index (χ3n) is 1.87. The van der Waals surface area contributed by atoms with Crippen molar-refractivity contribution in [2.24, 2.45) is 5.73 Å². The first-order valence-electron chi connectivity index (χ1n) is 4.58. The van der Waals surface area contributed by atoms with Crippen LogP contribution in [0.5, 0.6) is 0 Å². The number of amides is 2. The minimum atomic E-state index is -0.910. The SMILES string of the molecule is CC(C)(NCC(=O)NCCC#N)C(N)=O. The molecule has 0 heterocycles. The smallest absolute Gasteiger partial charge is 0.237 e. The number of nitrogens with two attached hydrogens (primary N) is 1. The molecule has 15 heavy (non-hydrogen) atoms. The first kappa shape index (κ1) is 13.4. The van der Waals surface area contributed by atoms with Crippen LogP contribution >= 0.6 is 0 Å². The van der Waals surface area contributed by atoms with E-state index in [1.54, 1.807) is 13.8 Å². The fourth-order valence-corrected chi connectivity index (χ4v) is 0.709. The van der Waals surface area contributed by atoms with Crippen LogP contribution in [0.2, 0.25) is 0 Å². The van der Waals surface area contributed by atoms with Crippen LogP contribution in [0.15, 0.2) is 0 Å². The van der Waals surface area contributed by atoms with Gasteiger partial charge in [-0.2, -0.15) is 5.26 Å². The number of hydrogen-bond donors (Lipinski definition) is 3. The maximum absolute atomic E-state index is 11.2. The average Bonchev–Trinajstić information content (AvgIpc) is 2.15. The van der Waals surface area contributed by atoms with Crippen LogP contribution in [0.25, 0.3) is 0 Å². The van der Waals surface area contributed by atoms with Gasteiger partial charge in [0.2, 0.25) is 11.8 Å². The molecule has 0 spiro atoms. The molecule has 0 unspecified atom stereocenters. The highest BCUT2D eigenvalue weighted by Gasteiger charge is 2.24. The molecular weight excluding hydrogens is 196 g/mol. The van der Waals surface area contributed by atoms with Crippen molar-refractivity contribution in [3.8, 4) is 6.07 Å². The van der Waals surface area contributed by atoms with E-state index in [9.17, 15) is 9.59 Å². The number of primary amides is 1. The Morgan fingerprint density at radius 1 is 1.47 bits per heavy atom. The summed E-state index contributed by atoms with van der Waals surface area (Å²) in [6.07, 6.45) is 0.269. The molecule has 84 valence electrons. The highest BCUT2D eigenvalue weighted by Crippen LogP contribution is 1.98. The molecule has 0 saturated heterocycles. The van der Waals surface area contributed by atoms with E-state index in [0.29, 0.717) is 6.54 Å². The maximum Gasteiger partial charge on any atom is 0.237 e. The minimum absolute atomic E-state index is 0.00136. The Morgan fingerprint density at radius 2 is 2.07 bits per heavy atom. The molecule has 0 aliphatic heterocycles. The van der Waals surface area contributed by atoms with Crippen LogP contribution in [-0.4, -0.2) is 30.4 Å². The van der Waals surface area contributed by atoms with Crippen LogP contribution < -0.4 is 16.4 Å². The molecule has 0 aliphatic rings. The van der Waals surface area contributed by atoms with Crippen LogP contribution in [-0.2, 0) is 9.59 Å². The second kappa shape index (κ2) is 5.98. The lowest BCUT2D eigenvalue weighted by Gasteiger charge is -2.21. The van der Waals surface area contributed by atoms with Crippen molar-refractivity contribution in [2.75, 3.05) is 13.1 Å². The Bertz CT molecular complexity index is 280. The molecule has 4 N–H and O–H groups in total. The van der Waals surface area contributed by atoms with Crippen LogP contribution in [0.4, 0.5) is 0 Å². The number of carbonyl (C=O) groups excluding carboxylic acids is 2. The van der Waals surface area contributed by atoms with Gasteiger partial charge in [-0.15, -0.1) is 0 Å². The van der Waals surface area contributed by atoms with E-state index in [1.807, 2.05) is 6.07 Å². The van der Waals surface area contributed by atoms with Crippen molar-refractivity contribution < 1.29 is 9.59 Å². The van der Waals surface area contributed by atoms with Crippen LogP contribution in [0.1, 0.15) is 20.3 Å². The molecule has 0 aromatic carbocycles. The first-order chi connectivity index (χ1) is 6.90. The highest BCUT2D eigenvalue weighted by molar-refractivity contribution is 5.85. The Kier molecular flexibility index (Phi) is 5.34. The molecule has 6 nitrogen and oxygen atoms in total. The molecule has 0 saturated carbocycles. The van der Waals surface area contributed by atoms with Crippen LogP contribution in [0, 0.1) is 11.3 Å². The van der Waals surface area contributed by atoms with Gasteiger partial charge in [-0.05, 0) is 13.8 Å². The molecule has 2 amide bonds. The van der Waals surface area contributed by atoms with Gasteiger partial charge in [0.1, 0.15) is 0 Å². The third-order valence-corrected chi connectivity index (χ3v) is 1.87. The van der Waals surface area contributed by atoms with Gasteiger partial charge in [0.05, 0.1) is 24.6 Å². The summed E-state index contributed by atoms with van der Waals surface area (Å²) in [7, 11) is 0. The third kappa shape index (κ3) is 5.65. The van der Waals surface area contributed by atoms with E-state index in [2.05, 4.69) is 10.6 Å². The van der Waals surface area contributed by atoms with E-state index in [0.717, 1.165) is 0 Å². The maximum atomic E-state index is 11.2. The quantitative estimate of drug-likeness (QED) is 0.484. The van der Waals surface area contributed by atoms with Crippen molar-refractivity contribution in [3.63, 3.8) is 0 Å². The first-order valence-corrected chi connectivity index (χ1v) is 4.58. The zero-order valence-corrected chi connectivity index (χ0v) is 8.96. The van der Waals surface area contributed by atoms with Gasteiger partial charge in [-0.1, -0.05) is 0 Å². The number of nitrogens with zero attached hydrogens (tertiary/aromatic N) is 1. The Balaban J connectivity index is 3.81. The molecular formula is C9H16N4O2. The Hall–Kier alpha value is -1.61. The van der Waals surface area contributed by atoms with Crippen LogP contribution in [0.3, 0.4) is 0 Å². The lowest BCUT2D eigenvalue weighted by Crippen LogP contribution is -2.53. The van der Waals surface area contributed by atoms with Crippen molar-refractivity contribution in [3.05, 3.63) is 0 Å². The number of rotatable bonds is 6. The highest BCUT2D eigenvalue weighted by atomic mass is 16.2. The van der Waals surface area contributed by atoms with Gasteiger partial charge in [-0.25, -0.2) is 0 Å². The molecule has 0 atom stereocenters. The van der Waals surface area contributed by atoms with Gasteiger partial charge in [0, 0.05) is 6.54 Å². The normalized spacial score (nSPS) is 10.5. The lowest BCUT2D eigenvalue weighted by atomic mass is 10.1. The second-order valence-electron chi connectivity index (χ2n) is 3.60. The molecule has 6 heteroatoms. The van der Waals surface area contributed by atoms with Gasteiger partial charge < -0.3 is 11.1 Å². The molecule has 0 aromatic heterocycles. The monoisotopic (exact) mass is 212 g/mol. The summed E-state index contributed by atoms with van der Waals surface area (Å²) in [5.74, 6) is -0.785. The molecule has 0 rings (SSSR count). The van der Waals surface area contributed by atoms with Crippen molar-refractivity contribution in [2.45, 2.75) is 25.8 Å². The number of hydrogen-bond acceptors (Lipinski definition) is 4. The fraction of sp³-hybridized carbons (Fsp3) is 0.667. The van der Waals surface area contributed by atoms with Gasteiger partial charge in [-0.3, -0.25) is 14.9 Å². The summed E-state index contributed by atoms with van der Waals surface area (Å²) < 4.78 is 0. The van der Waals surface area contributed by atoms with E-state index >= 15 is 0 Å². The number of nitriles is 1. The van der Waals surface area contributed by atoms with Gasteiger partial charge >= 0.3 is 0 Å². The number of nitrogens with one attached hydrogen (secondary N) is 2. The predicted octanol–water partition coefficient (Wildman–Crippen LogP) is -1.13. The lowest BCUT2D eigenvalue weighted by molar-refractivity contribution is -0.124.